The van der Waals surface area contributed by atoms with Crippen molar-refractivity contribution in [1.29, 1.82) is 0 Å². The molecule has 19 heavy (non-hydrogen) atoms. The molecule has 2 N–H and O–H groups in total. The minimum atomic E-state index is -3.24. The zero-order valence-electron chi connectivity index (χ0n) is 10.6. The normalized spacial score (nSPS) is 18.7. The maximum atomic E-state index is 11.5. The summed E-state index contributed by atoms with van der Waals surface area (Å²) in [6.07, 6.45) is 0.683. The van der Waals surface area contributed by atoms with Gasteiger partial charge >= 0.3 is 0 Å². The molecule has 6 nitrogen and oxygen atoms in total. The standard InChI is InChI=1S/C12H17NO5S/c1-19(15,16)10-3-2-9-8-17-12(7-13-4-5-14)18-11(9)6-10/h2-3,6,12-14H,4-5,7-8H2,1H3. The Bertz CT molecular complexity index is 543. The van der Waals surface area contributed by atoms with E-state index in [-0.39, 0.29) is 11.5 Å². The van der Waals surface area contributed by atoms with Crippen LogP contribution in [0.1, 0.15) is 5.56 Å². The highest BCUT2D eigenvalue weighted by molar-refractivity contribution is 7.90. The van der Waals surface area contributed by atoms with Gasteiger partial charge in [-0.2, -0.15) is 0 Å². The van der Waals surface area contributed by atoms with Crippen LogP contribution >= 0.6 is 0 Å². The third-order valence-corrected chi connectivity index (χ3v) is 3.86. The van der Waals surface area contributed by atoms with Gasteiger partial charge in [0.2, 0.25) is 6.29 Å². The Morgan fingerprint density at radius 2 is 2.26 bits per heavy atom. The van der Waals surface area contributed by atoms with Crippen LogP contribution in [-0.4, -0.2) is 45.8 Å². The summed E-state index contributed by atoms with van der Waals surface area (Å²) in [7, 11) is -3.24. The molecule has 1 unspecified atom stereocenters. The number of sulfone groups is 1. The van der Waals surface area contributed by atoms with Gasteiger partial charge in [-0.25, -0.2) is 8.42 Å². The van der Waals surface area contributed by atoms with Crippen LogP contribution in [0.3, 0.4) is 0 Å². The van der Waals surface area contributed by atoms with Gasteiger partial charge in [-0.1, -0.05) is 6.07 Å². The van der Waals surface area contributed by atoms with Crippen molar-refractivity contribution in [3.8, 4) is 5.75 Å². The molecule has 7 heteroatoms. The van der Waals surface area contributed by atoms with Gasteiger partial charge in [0.15, 0.2) is 9.84 Å². The third kappa shape index (κ3) is 3.66. The third-order valence-electron chi connectivity index (χ3n) is 2.75. The largest absolute Gasteiger partial charge is 0.463 e. The first-order chi connectivity index (χ1) is 9.00. The number of aliphatic hydroxyl groups excluding tert-OH is 1. The fourth-order valence-corrected chi connectivity index (χ4v) is 2.39. The smallest absolute Gasteiger partial charge is 0.212 e. The fourth-order valence-electron chi connectivity index (χ4n) is 1.75. The second kappa shape index (κ2) is 5.87. The predicted octanol–water partition coefficient (Wildman–Crippen LogP) is -0.0929. The summed E-state index contributed by atoms with van der Waals surface area (Å²) >= 11 is 0. The van der Waals surface area contributed by atoms with Crippen molar-refractivity contribution >= 4 is 9.84 Å². The topological polar surface area (TPSA) is 84.9 Å². The van der Waals surface area contributed by atoms with Crippen molar-refractivity contribution < 1.29 is 23.0 Å². The summed E-state index contributed by atoms with van der Waals surface area (Å²) < 4.78 is 34.0. The fraction of sp³-hybridized carbons (Fsp3) is 0.500. The molecule has 1 aliphatic heterocycles. The van der Waals surface area contributed by atoms with Crippen molar-refractivity contribution in [1.82, 2.24) is 5.32 Å². The lowest BCUT2D eigenvalue weighted by Crippen LogP contribution is -2.37. The molecule has 0 radical (unpaired) electrons. The minimum absolute atomic E-state index is 0.0432. The minimum Gasteiger partial charge on any atom is -0.463 e. The number of ether oxygens (including phenoxy) is 2. The maximum absolute atomic E-state index is 11.5. The van der Waals surface area contributed by atoms with E-state index >= 15 is 0 Å². The van der Waals surface area contributed by atoms with Gasteiger partial charge in [0.25, 0.3) is 0 Å². The Balaban J connectivity index is 2.10. The Kier molecular flexibility index (Phi) is 4.41. The Labute approximate surface area is 112 Å². The summed E-state index contributed by atoms with van der Waals surface area (Å²) in [5.41, 5.74) is 0.825. The molecule has 0 fully saturated rings. The molecule has 0 spiro atoms. The predicted molar refractivity (Wildman–Crippen MR) is 68.7 cm³/mol. The van der Waals surface area contributed by atoms with Crippen LogP contribution in [-0.2, 0) is 21.2 Å². The van der Waals surface area contributed by atoms with Gasteiger partial charge in [0.05, 0.1) is 24.7 Å². The SMILES string of the molecule is CS(=O)(=O)c1ccc2c(c1)OC(CNCCO)OC2. The number of nitrogens with one attached hydrogen (secondary N) is 1. The molecular weight excluding hydrogens is 270 g/mol. The molecule has 0 saturated heterocycles. The second-order valence-corrected chi connectivity index (χ2v) is 6.34. The summed E-state index contributed by atoms with van der Waals surface area (Å²) in [5.74, 6) is 0.532. The summed E-state index contributed by atoms with van der Waals surface area (Å²) in [6.45, 7) is 1.31. The average Bonchev–Trinajstić information content (AvgIpc) is 2.37. The second-order valence-electron chi connectivity index (χ2n) is 4.33. The molecule has 2 rings (SSSR count). The van der Waals surface area contributed by atoms with E-state index in [0.717, 1.165) is 11.8 Å². The van der Waals surface area contributed by atoms with E-state index < -0.39 is 16.1 Å². The molecule has 1 aromatic carbocycles. The Morgan fingerprint density at radius 3 is 2.95 bits per heavy atom. The number of benzene rings is 1. The molecule has 1 aliphatic rings. The highest BCUT2D eigenvalue weighted by Gasteiger charge is 2.21. The van der Waals surface area contributed by atoms with Crippen molar-refractivity contribution in [2.75, 3.05) is 26.0 Å². The lowest BCUT2D eigenvalue weighted by atomic mass is 10.2. The van der Waals surface area contributed by atoms with Gasteiger partial charge in [-0.05, 0) is 12.1 Å². The first kappa shape index (κ1) is 14.3. The molecule has 0 aliphatic carbocycles. The van der Waals surface area contributed by atoms with Gasteiger partial charge < -0.3 is 19.9 Å². The van der Waals surface area contributed by atoms with Crippen LogP contribution in [0, 0.1) is 0 Å². The molecule has 106 valence electrons. The average molecular weight is 287 g/mol. The van der Waals surface area contributed by atoms with E-state index in [2.05, 4.69) is 5.32 Å². The number of fused-ring (bicyclic) bond motifs is 1. The summed E-state index contributed by atoms with van der Waals surface area (Å²) in [5, 5.41) is 11.6. The lowest BCUT2D eigenvalue weighted by Gasteiger charge is -2.26. The molecule has 1 atom stereocenters. The van der Waals surface area contributed by atoms with E-state index in [1.807, 2.05) is 0 Å². The van der Waals surface area contributed by atoms with Gasteiger partial charge in [-0.15, -0.1) is 0 Å². The van der Waals surface area contributed by atoms with Crippen LogP contribution in [0.5, 0.6) is 5.75 Å². The number of hydrogen-bond acceptors (Lipinski definition) is 6. The van der Waals surface area contributed by atoms with Crippen LogP contribution in [0.25, 0.3) is 0 Å². The number of rotatable bonds is 5. The van der Waals surface area contributed by atoms with Gasteiger partial charge in [0.1, 0.15) is 5.75 Å². The van der Waals surface area contributed by atoms with Gasteiger partial charge in [0, 0.05) is 18.4 Å². The van der Waals surface area contributed by atoms with E-state index in [0.29, 0.717) is 25.4 Å². The highest BCUT2D eigenvalue weighted by atomic mass is 32.2. The molecule has 1 aromatic rings. The van der Waals surface area contributed by atoms with Crippen molar-refractivity contribution in [2.45, 2.75) is 17.8 Å². The van der Waals surface area contributed by atoms with Crippen molar-refractivity contribution in [3.63, 3.8) is 0 Å². The zero-order valence-corrected chi connectivity index (χ0v) is 11.4. The van der Waals surface area contributed by atoms with Crippen LogP contribution in [0.4, 0.5) is 0 Å². The number of aliphatic hydroxyl groups is 1. The molecule has 1 heterocycles. The highest BCUT2D eigenvalue weighted by Crippen LogP contribution is 2.28. The van der Waals surface area contributed by atoms with E-state index in [1.165, 1.54) is 6.07 Å². The van der Waals surface area contributed by atoms with E-state index in [4.69, 9.17) is 14.6 Å². The lowest BCUT2D eigenvalue weighted by molar-refractivity contribution is -0.105. The van der Waals surface area contributed by atoms with Crippen molar-refractivity contribution in [2.24, 2.45) is 0 Å². The first-order valence-corrected chi connectivity index (χ1v) is 7.82. The summed E-state index contributed by atoms with van der Waals surface area (Å²) in [4.78, 5) is 0.232. The van der Waals surface area contributed by atoms with E-state index in [1.54, 1.807) is 12.1 Å². The zero-order chi connectivity index (χ0) is 13.9. The molecule has 0 aromatic heterocycles. The van der Waals surface area contributed by atoms with E-state index in [9.17, 15) is 8.42 Å². The first-order valence-electron chi connectivity index (χ1n) is 5.93. The summed E-state index contributed by atoms with van der Waals surface area (Å²) in [6, 6.07) is 4.76. The van der Waals surface area contributed by atoms with Crippen LogP contribution in [0.15, 0.2) is 23.1 Å². The van der Waals surface area contributed by atoms with Crippen molar-refractivity contribution in [3.05, 3.63) is 23.8 Å². The Morgan fingerprint density at radius 1 is 1.47 bits per heavy atom. The maximum Gasteiger partial charge on any atom is 0.212 e. The Hall–Kier alpha value is -1.15. The molecule has 0 amide bonds. The quantitative estimate of drug-likeness (QED) is 0.736. The van der Waals surface area contributed by atoms with Crippen LogP contribution in [0.2, 0.25) is 0 Å². The van der Waals surface area contributed by atoms with Crippen LogP contribution < -0.4 is 10.1 Å². The molecule has 0 bridgehead atoms. The molecular formula is C12H17NO5S. The molecule has 0 saturated carbocycles. The monoisotopic (exact) mass is 287 g/mol. The number of hydrogen-bond donors (Lipinski definition) is 2. The van der Waals surface area contributed by atoms with Gasteiger partial charge in [-0.3, -0.25) is 0 Å².